The first kappa shape index (κ1) is 11.5. The van der Waals surface area contributed by atoms with E-state index in [1.807, 2.05) is 0 Å². The maximum atomic E-state index is 6.19. The third-order valence-electron chi connectivity index (χ3n) is 3.31. The first-order chi connectivity index (χ1) is 8.77. The zero-order chi connectivity index (χ0) is 12.5. The van der Waals surface area contributed by atoms with Gasteiger partial charge in [0.1, 0.15) is 0 Å². The van der Waals surface area contributed by atoms with Gasteiger partial charge < -0.3 is 10.3 Å². The number of rotatable bonds is 3. The molecular formula is C15H16N2S. The van der Waals surface area contributed by atoms with Gasteiger partial charge in [0.25, 0.3) is 0 Å². The standard InChI is InChI=1S/C15H16N2S/c1-11(16)15(13-7-9-18-10-13)17-8-6-12-4-2-3-5-14(12)17/h2-11,15H,16H2,1H3. The summed E-state index contributed by atoms with van der Waals surface area (Å²) in [6.07, 6.45) is 2.14. The van der Waals surface area contributed by atoms with Crippen LogP contribution in [0.1, 0.15) is 18.5 Å². The fourth-order valence-corrected chi connectivity index (χ4v) is 3.20. The Labute approximate surface area is 111 Å². The van der Waals surface area contributed by atoms with Crippen LogP contribution in [0.25, 0.3) is 10.9 Å². The Morgan fingerprint density at radius 3 is 2.72 bits per heavy atom. The lowest BCUT2D eigenvalue weighted by atomic mass is 10.0. The van der Waals surface area contributed by atoms with Gasteiger partial charge in [0.05, 0.1) is 6.04 Å². The Morgan fingerprint density at radius 2 is 2.00 bits per heavy atom. The van der Waals surface area contributed by atoms with Gasteiger partial charge in [0, 0.05) is 17.8 Å². The quantitative estimate of drug-likeness (QED) is 0.762. The molecule has 0 spiro atoms. The summed E-state index contributed by atoms with van der Waals surface area (Å²) in [4.78, 5) is 0. The number of nitrogens with zero attached hydrogens (tertiary/aromatic N) is 1. The summed E-state index contributed by atoms with van der Waals surface area (Å²) in [6.45, 7) is 2.07. The van der Waals surface area contributed by atoms with Gasteiger partial charge in [-0.1, -0.05) is 18.2 Å². The lowest BCUT2D eigenvalue weighted by molar-refractivity contribution is 0.511. The van der Waals surface area contributed by atoms with Crippen molar-refractivity contribution in [1.29, 1.82) is 0 Å². The zero-order valence-corrected chi connectivity index (χ0v) is 11.1. The maximum Gasteiger partial charge on any atom is 0.0742 e. The van der Waals surface area contributed by atoms with Gasteiger partial charge in [-0.05, 0) is 46.8 Å². The SMILES string of the molecule is CC(N)C(c1ccsc1)n1ccc2ccccc21. The van der Waals surface area contributed by atoms with E-state index in [0.717, 1.165) is 0 Å². The first-order valence-electron chi connectivity index (χ1n) is 6.10. The van der Waals surface area contributed by atoms with Crippen molar-refractivity contribution < 1.29 is 0 Å². The second-order valence-corrected chi connectivity index (χ2v) is 5.42. The van der Waals surface area contributed by atoms with E-state index in [1.165, 1.54) is 16.5 Å². The van der Waals surface area contributed by atoms with E-state index in [1.54, 1.807) is 11.3 Å². The average molecular weight is 256 g/mol. The Balaban J connectivity index is 2.16. The van der Waals surface area contributed by atoms with E-state index in [4.69, 9.17) is 5.73 Å². The van der Waals surface area contributed by atoms with Crippen LogP contribution >= 0.6 is 11.3 Å². The summed E-state index contributed by atoms with van der Waals surface area (Å²) in [7, 11) is 0. The van der Waals surface area contributed by atoms with E-state index >= 15 is 0 Å². The van der Waals surface area contributed by atoms with Crippen molar-refractivity contribution in [1.82, 2.24) is 4.57 Å². The van der Waals surface area contributed by atoms with Gasteiger partial charge in [-0.3, -0.25) is 0 Å². The van der Waals surface area contributed by atoms with Crippen LogP contribution in [0.2, 0.25) is 0 Å². The topological polar surface area (TPSA) is 30.9 Å². The monoisotopic (exact) mass is 256 g/mol. The molecule has 0 radical (unpaired) electrons. The van der Waals surface area contributed by atoms with Crippen molar-refractivity contribution in [2.75, 3.05) is 0 Å². The molecule has 0 saturated heterocycles. The minimum Gasteiger partial charge on any atom is -0.338 e. The first-order valence-corrected chi connectivity index (χ1v) is 7.05. The summed E-state index contributed by atoms with van der Waals surface area (Å²) in [5.41, 5.74) is 8.72. The number of fused-ring (bicyclic) bond motifs is 1. The number of hydrogen-bond donors (Lipinski definition) is 1. The number of aromatic nitrogens is 1. The molecule has 3 aromatic rings. The van der Waals surface area contributed by atoms with E-state index < -0.39 is 0 Å². The molecule has 2 N–H and O–H groups in total. The van der Waals surface area contributed by atoms with Gasteiger partial charge >= 0.3 is 0 Å². The third kappa shape index (κ3) is 1.85. The van der Waals surface area contributed by atoms with Crippen LogP contribution < -0.4 is 5.73 Å². The smallest absolute Gasteiger partial charge is 0.0742 e. The molecule has 0 fully saturated rings. The van der Waals surface area contributed by atoms with Crippen molar-refractivity contribution in [3.8, 4) is 0 Å². The minimum absolute atomic E-state index is 0.0791. The van der Waals surface area contributed by atoms with E-state index in [9.17, 15) is 0 Å². The molecule has 0 saturated carbocycles. The normalized spacial score (nSPS) is 14.8. The lowest BCUT2D eigenvalue weighted by Gasteiger charge is -2.23. The maximum absolute atomic E-state index is 6.19. The van der Waals surface area contributed by atoms with Crippen LogP contribution in [-0.2, 0) is 0 Å². The molecule has 0 aliphatic rings. The fourth-order valence-electron chi connectivity index (χ4n) is 2.51. The Bertz CT molecular complexity index is 637. The summed E-state index contributed by atoms with van der Waals surface area (Å²) >= 11 is 1.72. The number of benzene rings is 1. The third-order valence-corrected chi connectivity index (χ3v) is 4.01. The van der Waals surface area contributed by atoms with Crippen LogP contribution in [-0.4, -0.2) is 10.6 Å². The zero-order valence-electron chi connectivity index (χ0n) is 10.3. The molecule has 0 bridgehead atoms. The average Bonchev–Trinajstić information content (AvgIpc) is 3.00. The van der Waals surface area contributed by atoms with Crippen molar-refractivity contribution in [3.63, 3.8) is 0 Å². The van der Waals surface area contributed by atoms with Crippen LogP contribution in [0.5, 0.6) is 0 Å². The number of nitrogens with two attached hydrogens (primary N) is 1. The van der Waals surface area contributed by atoms with Crippen molar-refractivity contribution >= 4 is 22.2 Å². The highest BCUT2D eigenvalue weighted by atomic mass is 32.1. The molecule has 1 aromatic carbocycles. The summed E-state index contributed by atoms with van der Waals surface area (Å²) in [5, 5.41) is 5.55. The summed E-state index contributed by atoms with van der Waals surface area (Å²) < 4.78 is 2.28. The van der Waals surface area contributed by atoms with Crippen molar-refractivity contribution in [2.24, 2.45) is 5.73 Å². The van der Waals surface area contributed by atoms with Crippen LogP contribution in [0, 0.1) is 0 Å². The van der Waals surface area contributed by atoms with Gasteiger partial charge in [-0.15, -0.1) is 0 Å². The Kier molecular flexibility index (Phi) is 2.94. The number of thiophene rings is 1. The summed E-state index contributed by atoms with van der Waals surface area (Å²) in [6, 6.07) is 13.0. The van der Waals surface area contributed by atoms with E-state index in [0.29, 0.717) is 0 Å². The molecular weight excluding hydrogens is 240 g/mol. The molecule has 2 heterocycles. The largest absolute Gasteiger partial charge is 0.338 e. The minimum atomic E-state index is 0.0791. The molecule has 2 nitrogen and oxygen atoms in total. The fraction of sp³-hybridized carbons (Fsp3) is 0.200. The van der Waals surface area contributed by atoms with Crippen LogP contribution in [0.4, 0.5) is 0 Å². The molecule has 3 rings (SSSR count). The molecule has 2 atom stereocenters. The Hall–Kier alpha value is -1.58. The lowest BCUT2D eigenvalue weighted by Crippen LogP contribution is -2.29. The van der Waals surface area contributed by atoms with Crippen molar-refractivity contribution in [2.45, 2.75) is 19.0 Å². The van der Waals surface area contributed by atoms with Crippen molar-refractivity contribution in [3.05, 3.63) is 58.9 Å². The molecule has 3 heteroatoms. The predicted octanol–water partition coefficient (Wildman–Crippen LogP) is 3.64. The second kappa shape index (κ2) is 4.59. The summed E-state index contributed by atoms with van der Waals surface area (Å²) in [5.74, 6) is 0. The predicted molar refractivity (Wildman–Crippen MR) is 78.0 cm³/mol. The van der Waals surface area contributed by atoms with Gasteiger partial charge in [-0.25, -0.2) is 0 Å². The second-order valence-electron chi connectivity index (χ2n) is 4.64. The highest BCUT2D eigenvalue weighted by Crippen LogP contribution is 2.28. The van der Waals surface area contributed by atoms with Gasteiger partial charge in [0.2, 0.25) is 0 Å². The van der Waals surface area contributed by atoms with Gasteiger partial charge in [0.15, 0.2) is 0 Å². The van der Waals surface area contributed by atoms with E-state index in [-0.39, 0.29) is 12.1 Å². The number of para-hydroxylation sites is 1. The number of hydrogen-bond acceptors (Lipinski definition) is 2. The van der Waals surface area contributed by atoms with Gasteiger partial charge in [-0.2, -0.15) is 11.3 Å². The van der Waals surface area contributed by atoms with Crippen LogP contribution in [0.15, 0.2) is 53.4 Å². The molecule has 0 aliphatic heterocycles. The highest BCUT2D eigenvalue weighted by molar-refractivity contribution is 7.08. The molecule has 92 valence electrons. The van der Waals surface area contributed by atoms with E-state index in [2.05, 4.69) is 64.8 Å². The molecule has 0 aliphatic carbocycles. The Morgan fingerprint density at radius 1 is 1.17 bits per heavy atom. The molecule has 18 heavy (non-hydrogen) atoms. The molecule has 0 amide bonds. The molecule has 2 unspecified atom stereocenters. The van der Waals surface area contributed by atoms with Crippen LogP contribution in [0.3, 0.4) is 0 Å². The highest BCUT2D eigenvalue weighted by Gasteiger charge is 2.19. The molecule has 2 aromatic heterocycles.